The largest absolute Gasteiger partial charge is 0.323 e. The third kappa shape index (κ3) is 3.21. The van der Waals surface area contributed by atoms with E-state index in [-0.39, 0.29) is 5.91 Å². The van der Waals surface area contributed by atoms with Crippen molar-refractivity contribution in [1.82, 2.24) is 19.2 Å². The van der Waals surface area contributed by atoms with Gasteiger partial charge in [0.25, 0.3) is 0 Å². The summed E-state index contributed by atoms with van der Waals surface area (Å²) in [5, 5.41) is 9.13. The van der Waals surface area contributed by atoms with Crippen LogP contribution < -0.4 is 5.32 Å². The summed E-state index contributed by atoms with van der Waals surface area (Å²) in [6.45, 7) is 0.558. The highest BCUT2D eigenvalue weighted by atomic mass is 32.1. The Morgan fingerprint density at radius 1 is 1.21 bits per heavy atom. The van der Waals surface area contributed by atoms with E-state index in [1.165, 1.54) is 0 Å². The van der Waals surface area contributed by atoms with Crippen LogP contribution in [0.2, 0.25) is 0 Å². The monoisotopic (exact) mass is 337 g/mol. The SMILES string of the molecule is O=C(Cc1cccs1)Nc1cnn(Cc2cn3ccccc3n2)c1. The summed E-state index contributed by atoms with van der Waals surface area (Å²) < 4.78 is 3.74. The molecule has 4 aromatic heterocycles. The fraction of sp³-hybridized carbons (Fsp3) is 0.118. The van der Waals surface area contributed by atoms with Crippen LogP contribution in [0, 0.1) is 0 Å². The Labute approximate surface area is 142 Å². The molecule has 24 heavy (non-hydrogen) atoms. The number of fused-ring (bicyclic) bond motifs is 1. The molecular formula is C17H15N5OS. The lowest BCUT2D eigenvalue weighted by molar-refractivity contribution is -0.115. The van der Waals surface area contributed by atoms with Gasteiger partial charge in [0.1, 0.15) is 5.65 Å². The van der Waals surface area contributed by atoms with Gasteiger partial charge in [-0.2, -0.15) is 5.10 Å². The molecule has 1 N–H and O–H groups in total. The molecule has 4 heterocycles. The van der Waals surface area contributed by atoms with Gasteiger partial charge >= 0.3 is 0 Å². The van der Waals surface area contributed by atoms with Gasteiger partial charge < -0.3 is 9.72 Å². The fourth-order valence-corrected chi connectivity index (χ4v) is 3.22. The normalized spacial score (nSPS) is 11.0. The number of nitrogens with zero attached hydrogens (tertiary/aromatic N) is 4. The summed E-state index contributed by atoms with van der Waals surface area (Å²) in [6.07, 6.45) is 7.80. The number of hydrogen-bond donors (Lipinski definition) is 1. The van der Waals surface area contributed by atoms with Crippen molar-refractivity contribution < 1.29 is 4.79 Å². The molecule has 120 valence electrons. The average Bonchev–Trinajstić information content (AvgIpc) is 3.28. The van der Waals surface area contributed by atoms with Gasteiger partial charge in [0.15, 0.2) is 0 Å². The zero-order chi connectivity index (χ0) is 16.4. The Morgan fingerprint density at radius 2 is 2.17 bits per heavy atom. The number of amides is 1. The molecule has 0 aromatic carbocycles. The Kier molecular flexibility index (Phi) is 3.84. The van der Waals surface area contributed by atoms with Gasteiger partial charge in [0.2, 0.25) is 5.91 Å². The van der Waals surface area contributed by atoms with Crippen LogP contribution in [0.15, 0.2) is 60.5 Å². The predicted molar refractivity (Wildman–Crippen MR) is 93.2 cm³/mol. The van der Waals surface area contributed by atoms with E-state index in [1.807, 2.05) is 58.7 Å². The van der Waals surface area contributed by atoms with Crippen LogP contribution in [0.4, 0.5) is 5.69 Å². The average molecular weight is 337 g/mol. The number of rotatable bonds is 5. The van der Waals surface area contributed by atoms with E-state index in [4.69, 9.17) is 0 Å². The van der Waals surface area contributed by atoms with Gasteiger partial charge in [-0.15, -0.1) is 11.3 Å². The highest BCUT2D eigenvalue weighted by Gasteiger charge is 2.08. The van der Waals surface area contributed by atoms with Crippen molar-refractivity contribution in [2.24, 2.45) is 0 Å². The van der Waals surface area contributed by atoms with Crippen molar-refractivity contribution in [1.29, 1.82) is 0 Å². The number of pyridine rings is 1. The van der Waals surface area contributed by atoms with Crippen LogP contribution in [0.1, 0.15) is 10.6 Å². The number of carbonyl (C=O) groups is 1. The molecule has 0 bridgehead atoms. The maximum atomic E-state index is 12.0. The summed E-state index contributed by atoms with van der Waals surface area (Å²) in [5.74, 6) is -0.0373. The summed E-state index contributed by atoms with van der Waals surface area (Å²) in [6, 6.07) is 9.79. The molecule has 4 rings (SSSR count). The number of nitrogens with one attached hydrogen (secondary N) is 1. The van der Waals surface area contributed by atoms with Crippen LogP contribution in [0.3, 0.4) is 0 Å². The van der Waals surface area contributed by atoms with Crippen LogP contribution in [0.5, 0.6) is 0 Å². The molecule has 0 saturated heterocycles. The molecule has 4 aromatic rings. The minimum Gasteiger partial charge on any atom is -0.323 e. The van der Waals surface area contributed by atoms with Crippen molar-refractivity contribution in [3.8, 4) is 0 Å². The second-order valence-corrected chi connectivity index (χ2v) is 6.46. The quantitative estimate of drug-likeness (QED) is 0.609. The number of imidazole rings is 1. The van der Waals surface area contributed by atoms with E-state index in [2.05, 4.69) is 15.4 Å². The van der Waals surface area contributed by atoms with Gasteiger partial charge in [0.05, 0.1) is 30.5 Å². The topological polar surface area (TPSA) is 64.2 Å². The maximum absolute atomic E-state index is 12.0. The molecule has 0 spiro atoms. The first kappa shape index (κ1) is 14.6. The molecule has 0 atom stereocenters. The summed E-state index contributed by atoms with van der Waals surface area (Å²) in [4.78, 5) is 17.6. The van der Waals surface area contributed by atoms with Crippen LogP contribution in [0.25, 0.3) is 5.65 Å². The van der Waals surface area contributed by atoms with E-state index in [0.29, 0.717) is 18.7 Å². The molecule has 0 unspecified atom stereocenters. The smallest absolute Gasteiger partial charge is 0.229 e. The Balaban J connectivity index is 1.41. The highest BCUT2D eigenvalue weighted by Crippen LogP contribution is 2.12. The number of aromatic nitrogens is 4. The summed E-state index contributed by atoms with van der Waals surface area (Å²) in [5.41, 5.74) is 2.52. The van der Waals surface area contributed by atoms with Gasteiger partial charge in [0, 0.05) is 23.5 Å². The molecule has 7 heteroatoms. The summed E-state index contributed by atoms with van der Waals surface area (Å²) in [7, 11) is 0. The van der Waals surface area contributed by atoms with Crippen LogP contribution in [-0.4, -0.2) is 25.1 Å². The van der Waals surface area contributed by atoms with Crippen molar-refractivity contribution in [3.63, 3.8) is 0 Å². The second kappa shape index (κ2) is 6.29. The summed E-state index contributed by atoms with van der Waals surface area (Å²) >= 11 is 1.58. The van der Waals surface area contributed by atoms with Gasteiger partial charge in [-0.25, -0.2) is 4.98 Å². The number of hydrogen-bond acceptors (Lipinski definition) is 4. The number of thiophene rings is 1. The van der Waals surface area contributed by atoms with Crippen LogP contribution in [-0.2, 0) is 17.8 Å². The lowest BCUT2D eigenvalue weighted by Crippen LogP contribution is -2.13. The predicted octanol–water partition coefficient (Wildman–Crippen LogP) is 2.82. The van der Waals surface area contributed by atoms with Crippen molar-refractivity contribution in [3.05, 3.63) is 71.1 Å². The fourth-order valence-electron chi connectivity index (χ4n) is 2.52. The first-order valence-corrected chi connectivity index (χ1v) is 8.41. The molecule has 0 aliphatic rings. The van der Waals surface area contributed by atoms with E-state index in [9.17, 15) is 4.79 Å². The zero-order valence-corrected chi connectivity index (χ0v) is 13.6. The third-order valence-electron chi connectivity index (χ3n) is 3.57. The van der Waals surface area contributed by atoms with E-state index in [0.717, 1.165) is 16.2 Å². The van der Waals surface area contributed by atoms with Crippen LogP contribution >= 0.6 is 11.3 Å². The molecule has 0 radical (unpaired) electrons. The Hall–Kier alpha value is -2.93. The molecular weight excluding hydrogens is 322 g/mol. The lowest BCUT2D eigenvalue weighted by Gasteiger charge is -2.00. The third-order valence-corrected chi connectivity index (χ3v) is 4.45. The molecule has 1 amide bonds. The second-order valence-electron chi connectivity index (χ2n) is 5.43. The van der Waals surface area contributed by atoms with E-state index < -0.39 is 0 Å². The number of carbonyl (C=O) groups excluding carboxylic acids is 1. The minimum atomic E-state index is -0.0373. The van der Waals surface area contributed by atoms with E-state index in [1.54, 1.807) is 22.2 Å². The Morgan fingerprint density at radius 3 is 3.00 bits per heavy atom. The van der Waals surface area contributed by atoms with Crippen molar-refractivity contribution in [2.75, 3.05) is 5.32 Å². The van der Waals surface area contributed by atoms with Gasteiger partial charge in [-0.3, -0.25) is 9.48 Å². The van der Waals surface area contributed by atoms with Crippen molar-refractivity contribution in [2.45, 2.75) is 13.0 Å². The maximum Gasteiger partial charge on any atom is 0.229 e. The first-order chi connectivity index (χ1) is 11.8. The Bertz CT molecular complexity index is 937. The standard InChI is InChI=1S/C17H15N5OS/c23-17(8-15-4-3-7-24-15)20-13-9-18-22(11-13)12-14-10-21-6-2-1-5-16(21)19-14/h1-7,9-11H,8,12H2,(H,20,23). The molecule has 6 nitrogen and oxygen atoms in total. The highest BCUT2D eigenvalue weighted by molar-refractivity contribution is 7.10. The van der Waals surface area contributed by atoms with Gasteiger partial charge in [-0.1, -0.05) is 12.1 Å². The molecule has 0 saturated carbocycles. The zero-order valence-electron chi connectivity index (χ0n) is 12.8. The minimum absolute atomic E-state index is 0.0373. The van der Waals surface area contributed by atoms with Crippen molar-refractivity contribution >= 4 is 28.6 Å². The van der Waals surface area contributed by atoms with Gasteiger partial charge in [-0.05, 0) is 23.6 Å². The molecule has 0 aliphatic carbocycles. The number of anilines is 1. The molecule has 0 fully saturated rings. The lowest BCUT2D eigenvalue weighted by atomic mass is 10.3. The molecule has 0 aliphatic heterocycles. The first-order valence-electron chi connectivity index (χ1n) is 7.53. The van der Waals surface area contributed by atoms with E-state index >= 15 is 0 Å².